The minimum Gasteiger partial charge on any atom is -0.304 e. The summed E-state index contributed by atoms with van der Waals surface area (Å²) in [4.78, 5) is 0. The van der Waals surface area contributed by atoms with E-state index in [9.17, 15) is 0 Å². The summed E-state index contributed by atoms with van der Waals surface area (Å²) < 4.78 is 4.23. The monoisotopic (exact) mass is 353 g/mol. The maximum atomic E-state index is 5.90. The summed E-state index contributed by atoms with van der Waals surface area (Å²) in [6.45, 7) is 2.80. The number of thioether (sulfide) groups is 1. The minimum atomic E-state index is 0.620. The molecule has 10 heteroatoms. The summed E-state index contributed by atoms with van der Waals surface area (Å²) in [6.07, 6.45) is 0. The Hall–Kier alpha value is -1.71. The van der Waals surface area contributed by atoms with Crippen molar-refractivity contribution >= 4 is 35.6 Å². The van der Waals surface area contributed by atoms with Crippen LogP contribution in [0.25, 0.3) is 5.69 Å². The van der Waals surface area contributed by atoms with Gasteiger partial charge in [0.05, 0.1) is 11.4 Å². The van der Waals surface area contributed by atoms with Crippen LogP contribution in [0.5, 0.6) is 0 Å². The van der Waals surface area contributed by atoms with Gasteiger partial charge in [0.2, 0.25) is 5.16 Å². The van der Waals surface area contributed by atoms with Crippen LogP contribution in [-0.2, 0) is 12.3 Å². The van der Waals surface area contributed by atoms with Crippen molar-refractivity contribution in [1.29, 1.82) is 0 Å². The number of nitrogens with one attached hydrogen (secondary N) is 1. The molecule has 2 heterocycles. The van der Waals surface area contributed by atoms with Crippen LogP contribution in [0.3, 0.4) is 0 Å². The fraction of sp³-hybridized carbons (Fsp3) is 0.250. The van der Waals surface area contributed by atoms with Crippen LogP contribution < -0.4 is 0 Å². The van der Waals surface area contributed by atoms with Gasteiger partial charge in [-0.05, 0) is 53.8 Å². The van der Waals surface area contributed by atoms with Gasteiger partial charge >= 0.3 is 0 Å². The standard InChI is InChI=1S/C12H12ClN7S2/c1-2-19-10(14-15-11(19)21)7-22-12-16-17-18-20(12)9-5-3-8(13)4-6-9/h3-6H,2,7H2,1H3,(H,15,21). The maximum Gasteiger partial charge on any atom is 0.214 e. The van der Waals surface area contributed by atoms with E-state index in [0.29, 0.717) is 20.7 Å². The molecule has 3 aromatic rings. The van der Waals surface area contributed by atoms with Crippen molar-refractivity contribution in [3.05, 3.63) is 39.9 Å². The van der Waals surface area contributed by atoms with E-state index < -0.39 is 0 Å². The molecule has 7 nitrogen and oxygen atoms in total. The number of halogens is 1. The molecule has 0 bridgehead atoms. The molecule has 0 radical (unpaired) electrons. The predicted octanol–water partition coefficient (Wildman–Crippen LogP) is 2.88. The fourth-order valence-electron chi connectivity index (χ4n) is 1.93. The number of tetrazole rings is 1. The lowest BCUT2D eigenvalue weighted by atomic mass is 10.3. The van der Waals surface area contributed by atoms with Crippen LogP contribution in [-0.4, -0.2) is 35.0 Å². The molecule has 3 rings (SSSR count). The van der Waals surface area contributed by atoms with Crippen LogP contribution >= 0.6 is 35.6 Å². The van der Waals surface area contributed by atoms with E-state index in [1.54, 1.807) is 16.8 Å². The number of rotatable bonds is 5. The molecule has 0 saturated heterocycles. The second-order valence-corrected chi connectivity index (χ2v) is 6.09. The SMILES string of the molecule is CCn1c(CSc2nnnn2-c2ccc(Cl)cc2)n[nH]c1=S. The van der Waals surface area contributed by atoms with Gasteiger partial charge in [-0.25, -0.2) is 0 Å². The Morgan fingerprint density at radius 1 is 1.32 bits per heavy atom. The molecule has 0 saturated carbocycles. The highest BCUT2D eigenvalue weighted by molar-refractivity contribution is 7.98. The highest BCUT2D eigenvalue weighted by Gasteiger charge is 2.12. The van der Waals surface area contributed by atoms with Crippen LogP contribution in [0.15, 0.2) is 29.4 Å². The molecular weight excluding hydrogens is 342 g/mol. The summed E-state index contributed by atoms with van der Waals surface area (Å²) in [7, 11) is 0. The molecule has 1 N–H and O–H groups in total. The summed E-state index contributed by atoms with van der Waals surface area (Å²) in [5, 5.41) is 20.2. The number of aromatic amines is 1. The average Bonchev–Trinajstić information content (AvgIpc) is 3.12. The second-order valence-electron chi connectivity index (χ2n) is 4.33. The predicted molar refractivity (Wildman–Crippen MR) is 86.8 cm³/mol. The first kappa shape index (κ1) is 15.2. The summed E-state index contributed by atoms with van der Waals surface area (Å²) in [5.41, 5.74) is 0.853. The molecule has 0 aliphatic heterocycles. The molecule has 0 spiro atoms. The van der Waals surface area contributed by atoms with Gasteiger partial charge in [0, 0.05) is 11.6 Å². The van der Waals surface area contributed by atoms with E-state index in [1.807, 2.05) is 23.6 Å². The molecular formula is C12H12ClN7S2. The molecule has 1 aromatic carbocycles. The van der Waals surface area contributed by atoms with E-state index in [0.717, 1.165) is 18.1 Å². The van der Waals surface area contributed by atoms with Gasteiger partial charge in [-0.1, -0.05) is 23.4 Å². The Morgan fingerprint density at radius 2 is 2.09 bits per heavy atom. The van der Waals surface area contributed by atoms with Crippen LogP contribution in [0.4, 0.5) is 0 Å². The average molecular weight is 354 g/mol. The van der Waals surface area contributed by atoms with Crippen molar-refractivity contribution in [2.45, 2.75) is 24.4 Å². The van der Waals surface area contributed by atoms with Crippen LogP contribution in [0, 0.1) is 4.77 Å². The Kier molecular flexibility index (Phi) is 4.55. The van der Waals surface area contributed by atoms with Gasteiger partial charge < -0.3 is 4.57 Å². The van der Waals surface area contributed by atoms with Crippen molar-refractivity contribution in [3.8, 4) is 5.69 Å². The Morgan fingerprint density at radius 3 is 2.82 bits per heavy atom. The van der Waals surface area contributed by atoms with Crippen molar-refractivity contribution in [2.75, 3.05) is 0 Å². The normalized spacial score (nSPS) is 11.0. The first-order valence-corrected chi connectivity index (χ1v) is 8.27. The Labute approximate surface area is 140 Å². The van der Waals surface area contributed by atoms with Crippen molar-refractivity contribution < 1.29 is 0 Å². The summed E-state index contributed by atoms with van der Waals surface area (Å²) in [5.74, 6) is 1.48. The third kappa shape index (κ3) is 3.06. The minimum absolute atomic E-state index is 0.620. The van der Waals surface area contributed by atoms with Crippen LogP contribution in [0.1, 0.15) is 12.7 Å². The van der Waals surface area contributed by atoms with Crippen molar-refractivity contribution in [2.24, 2.45) is 0 Å². The molecule has 0 unspecified atom stereocenters. The molecule has 0 aliphatic rings. The lowest BCUT2D eigenvalue weighted by molar-refractivity contribution is 0.714. The second kappa shape index (κ2) is 6.59. The number of aromatic nitrogens is 7. The van der Waals surface area contributed by atoms with E-state index in [1.165, 1.54) is 11.8 Å². The van der Waals surface area contributed by atoms with Gasteiger partial charge in [0.25, 0.3) is 0 Å². The molecule has 0 fully saturated rings. The maximum absolute atomic E-state index is 5.90. The smallest absolute Gasteiger partial charge is 0.214 e. The van der Waals surface area contributed by atoms with Gasteiger partial charge in [0.15, 0.2) is 4.77 Å². The quantitative estimate of drug-likeness (QED) is 0.561. The van der Waals surface area contributed by atoms with E-state index >= 15 is 0 Å². The zero-order valence-electron chi connectivity index (χ0n) is 11.6. The molecule has 0 amide bonds. The van der Waals surface area contributed by atoms with E-state index in [2.05, 4.69) is 25.7 Å². The lowest BCUT2D eigenvalue weighted by Crippen LogP contribution is -2.02. The molecule has 0 atom stereocenters. The number of hydrogen-bond donors (Lipinski definition) is 1. The summed E-state index contributed by atoms with van der Waals surface area (Å²) >= 11 is 12.6. The molecule has 2 aromatic heterocycles. The topological polar surface area (TPSA) is 77.2 Å². The van der Waals surface area contributed by atoms with Crippen molar-refractivity contribution in [1.82, 2.24) is 35.0 Å². The zero-order chi connectivity index (χ0) is 15.5. The zero-order valence-corrected chi connectivity index (χ0v) is 14.0. The Bertz CT molecular complexity index is 821. The fourth-order valence-corrected chi connectivity index (χ4v) is 3.17. The number of hydrogen-bond acceptors (Lipinski definition) is 6. The number of H-pyrrole nitrogens is 1. The largest absolute Gasteiger partial charge is 0.304 e. The van der Waals surface area contributed by atoms with E-state index in [4.69, 9.17) is 23.8 Å². The highest BCUT2D eigenvalue weighted by atomic mass is 35.5. The van der Waals surface area contributed by atoms with E-state index in [-0.39, 0.29) is 0 Å². The van der Waals surface area contributed by atoms with Gasteiger partial charge in [-0.3, -0.25) is 5.10 Å². The highest BCUT2D eigenvalue weighted by Crippen LogP contribution is 2.22. The molecule has 0 aliphatic carbocycles. The molecule has 114 valence electrons. The van der Waals surface area contributed by atoms with Crippen LogP contribution in [0.2, 0.25) is 5.02 Å². The summed E-state index contributed by atoms with van der Waals surface area (Å²) in [6, 6.07) is 7.33. The third-order valence-corrected chi connectivity index (χ3v) is 4.47. The first-order chi connectivity index (χ1) is 10.7. The lowest BCUT2D eigenvalue weighted by Gasteiger charge is -2.05. The van der Waals surface area contributed by atoms with Gasteiger partial charge in [-0.15, -0.1) is 5.10 Å². The third-order valence-electron chi connectivity index (χ3n) is 3.00. The van der Waals surface area contributed by atoms with Crippen molar-refractivity contribution in [3.63, 3.8) is 0 Å². The Balaban J connectivity index is 1.81. The molecule has 22 heavy (non-hydrogen) atoms. The van der Waals surface area contributed by atoms with Gasteiger partial charge in [-0.2, -0.15) is 9.78 Å². The first-order valence-electron chi connectivity index (χ1n) is 6.50. The number of nitrogens with zero attached hydrogens (tertiary/aromatic N) is 6. The van der Waals surface area contributed by atoms with Gasteiger partial charge in [0.1, 0.15) is 5.82 Å². The number of benzene rings is 1.